The molecule has 1 aliphatic heterocycles. The Morgan fingerprint density at radius 2 is 2.11 bits per heavy atom. The summed E-state index contributed by atoms with van der Waals surface area (Å²) in [5.74, 6) is 0. The zero-order valence-electron chi connectivity index (χ0n) is 10.4. The highest BCUT2D eigenvalue weighted by Gasteiger charge is 2.36. The second kappa shape index (κ2) is 4.25. The lowest BCUT2D eigenvalue weighted by Gasteiger charge is -2.23. The number of thiophene rings is 1. The molecule has 0 amide bonds. The Hall–Kier alpha value is -1.53. The maximum atomic E-state index is 12.7. The Balaban J connectivity index is 2.12. The third-order valence-corrected chi connectivity index (χ3v) is 6.62. The fraction of sp³-hybridized carbons (Fsp3) is 0.231. The number of nitrogens with two attached hydrogens (primary N) is 1. The van der Waals surface area contributed by atoms with Gasteiger partial charge in [0.1, 0.15) is 4.21 Å². The lowest BCUT2D eigenvalue weighted by Crippen LogP contribution is -2.35. The summed E-state index contributed by atoms with van der Waals surface area (Å²) in [7, 11) is -3.51. The van der Waals surface area contributed by atoms with Crippen molar-refractivity contribution in [2.24, 2.45) is 0 Å². The van der Waals surface area contributed by atoms with E-state index in [1.807, 2.05) is 31.2 Å². The van der Waals surface area contributed by atoms with Gasteiger partial charge in [0, 0.05) is 17.1 Å². The fourth-order valence-electron chi connectivity index (χ4n) is 2.47. The highest BCUT2D eigenvalue weighted by Crippen LogP contribution is 2.38. The molecule has 2 heterocycles. The van der Waals surface area contributed by atoms with E-state index in [0.29, 0.717) is 9.90 Å². The van der Waals surface area contributed by atoms with E-state index in [0.717, 1.165) is 17.7 Å². The van der Waals surface area contributed by atoms with Crippen molar-refractivity contribution in [2.75, 3.05) is 10.0 Å². The average molecular weight is 294 g/mol. The second-order valence-electron chi connectivity index (χ2n) is 4.68. The van der Waals surface area contributed by atoms with Crippen LogP contribution in [0.4, 0.5) is 11.4 Å². The molecule has 0 saturated carbocycles. The van der Waals surface area contributed by atoms with Gasteiger partial charge in [0.25, 0.3) is 10.0 Å². The molecule has 6 heteroatoms. The number of fused-ring (bicyclic) bond motifs is 1. The van der Waals surface area contributed by atoms with Crippen LogP contribution in [0.2, 0.25) is 0 Å². The van der Waals surface area contributed by atoms with Gasteiger partial charge in [0.2, 0.25) is 0 Å². The van der Waals surface area contributed by atoms with Crippen LogP contribution in [0.3, 0.4) is 0 Å². The van der Waals surface area contributed by atoms with Crippen LogP contribution >= 0.6 is 11.3 Å². The van der Waals surface area contributed by atoms with Crippen LogP contribution in [0.15, 0.2) is 39.9 Å². The molecule has 100 valence electrons. The van der Waals surface area contributed by atoms with Gasteiger partial charge in [-0.05, 0) is 31.0 Å². The smallest absolute Gasteiger partial charge is 0.274 e. The first-order valence-corrected chi connectivity index (χ1v) is 8.28. The van der Waals surface area contributed by atoms with Gasteiger partial charge in [-0.25, -0.2) is 8.42 Å². The first-order valence-electron chi connectivity index (χ1n) is 5.96. The topological polar surface area (TPSA) is 63.4 Å². The monoisotopic (exact) mass is 294 g/mol. The molecule has 4 nitrogen and oxygen atoms in total. The Kier molecular flexibility index (Phi) is 2.79. The molecule has 1 aromatic heterocycles. The number of nitrogens with zero attached hydrogens (tertiary/aromatic N) is 1. The van der Waals surface area contributed by atoms with Crippen molar-refractivity contribution in [2.45, 2.75) is 23.6 Å². The van der Waals surface area contributed by atoms with E-state index in [9.17, 15) is 8.42 Å². The molecule has 0 aliphatic carbocycles. The van der Waals surface area contributed by atoms with E-state index >= 15 is 0 Å². The van der Waals surface area contributed by atoms with E-state index in [4.69, 9.17) is 5.73 Å². The van der Waals surface area contributed by atoms with Gasteiger partial charge < -0.3 is 5.73 Å². The van der Waals surface area contributed by atoms with Gasteiger partial charge in [-0.1, -0.05) is 18.2 Å². The summed E-state index contributed by atoms with van der Waals surface area (Å²) < 4.78 is 27.2. The van der Waals surface area contributed by atoms with Crippen molar-refractivity contribution in [3.05, 3.63) is 41.3 Å². The molecule has 1 aliphatic rings. The molecule has 0 spiro atoms. The lowest BCUT2D eigenvalue weighted by molar-refractivity contribution is 0.586. The van der Waals surface area contributed by atoms with Crippen LogP contribution in [0, 0.1) is 0 Å². The molecule has 2 aromatic rings. The normalized spacial score (nSPS) is 18.6. The average Bonchev–Trinajstić information content (AvgIpc) is 2.92. The fourth-order valence-corrected chi connectivity index (χ4v) is 5.33. The quantitative estimate of drug-likeness (QED) is 0.925. The van der Waals surface area contributed by atoms with E-state index in [1.165, 1.54) is 21.7 Å². The minimum absolute atomic E-state index is 0.0641. The molecule has 19 heavy (non-hydrogen) atoms. The number of hydrogen-bond donors (Lipinski definition) is 1. The number of rotatable bonds is 2. The molecule has 1 aromatic carbocycles. The Bertz CT molecular complexity index is 722. The highest BCUT2D eigenvalue weighted by molar-refractivity contribution is 7.94. The van der Waals surface area contributed by atoms with E-state index < -0.39 is 10.0 Å². The molecule has 0 bridgehead atoms. The van der Waals surface area contributed by atoms with E-state index in [1.54, 1.807) is 5.38 Å². The van der Waals surface area contributed by atoms with Crippen molar-refractivity contribution >= 4 is 32.7 Å². The number of anilines is 2. The summed E-state index contributed by atoms with van der Waals surface area (Å²) in [6.45, 7) is 1.93. The predicted octanol–water partition coefficient (Wildman–Crippen LogP) is 2.47. The first kappa shape index (κ1) is 12.5. The van der Waals surface area contributed by atoms with Crippen molar-refractivity contribution in [1.29, 1.82) is 0 Å². The molecule has 0 radical (unpaired) electrons. The van der Waals surface area contributed by atoms with Gasteiger partial charge in [0.15, 0.2) is 0 Å². The van der Waals surface area contributed by atoms with Crippen LogP contribution in [0.25, 0.3) is 0 Å². The van der Waals surface area contributed by atoms with Crippen molar-refractivity contribution < 1.29 is 8.42 Å². The number of benzene rings is 1. The third-order valence-electron chi connectivity index (χ3n) is 3.25. The highest BCUT2D eigenvalue weighted by atomic mass is 32.2. The molecule has 3 rings (SSSR count). The van der Waals surface area contributed by atoms with Gasteiger partial charge in [-0.15, -0.1) is 11.3 Å². The Labute approximate surface area is 116 Å². The number of hydrogen-bond acceptors (Lipinski definition) is 4. The van der Waals surface area contributed by atoms with Gasteiger partial charge in [0.05, 0.1) is 5.69 Å². The van der Waals surface area contributed by atoms with Crippen molar-refractivity contribution in [1.82, 2.24) is 0 Å². The lowest BCUT2D eigenvalue weighted by atomic mass is 10.1. The summed E-state index contributed by atoms with van der Waals surface area (Å²) >= 11 is 1.17. The van der Waals surface area contributed by atoms with E-state index in [2.05, 4.69) is 0 Å². The summed E-state index contributed by atoms with van der Waals surface area (Å²) in [6.07, 6.45) is 0.746. The van der Waals surface area contributed by atoms with E-state index in [-0.39, 0.29) is 6.04 Å². The van der Waals surface area contributed by atoms with Gasteiger partial charge in [-0.3, -0.25) is 4.31 Å². The van der Waals surface area contributed by atoms with Crippen LogP contribution in [-0.2, 0) is 16.4 Å². The summed E-state index contributed by atoms with van der Waals surface area (Å²) in [5.41, 5.74) is 7.97. The maximum absolute atomic E-state index is 12.7. The molecule has 1 atom stereocenters. The van der Waals surface area contributed by atoms with Crippen LogP contribution in [0.1, 0.15) is 12.5 Å². The zero-order valence-corrected chi connectivity index (χ0v) is 12.0. The van der Waals surface area contributed by atoms with Gasteiger partial charge in [-0.2, -0.15) is 0 Å². The van der Waals surface area contributed by atoms with Gasteiger partial charge >= 0.3 is 0 Å². The molecule has 1 unspecified atom stereocenters. The Morgan fingerprint density at radius 3 is 2.79 bits per heavy atom. The minimum atomic E-state index is -3.51. The standard InChI is InChI=1S/C13H14N2O2S2/c1-9-6-10-4-2-3-5-12(10)15(9)19(16,17)13-7-11(14)8-18-13/h2-5,7-9H,6,14H2,1H3. The first-order chi connectivity index (χ1) is 9.00. The summed E-state index contributed by atoms with van der Waals surface area (Å²) in [6, 6.07) is 9.09. The maximum Gasteiger partial charge on any atom is 0.274 e. The Morgan fingerprint density at radius 1 is 1.37 bits per heavy atom. The molecule has 0 fully saturated rings. The third kappa shape index (κ3) is 1.91. The largest absolute Gasteiger partial charge is 0.398 e. The van der Waals surface area contributed by atoms with Crippen LogP contribution < -0.4 is 10.0 Å². The molecule has 2 N–H and O–H groups in total. The second-order valence-corrected chi connectivity index (χ2v) is 7.63. The minimum Gasteiger partial charge on any atom is -0.398 e. The predicted molar refractivity (Wildman–Crippen MR) is 78.0 cm³/mol. The molecular formula is C13H14N2O2S2. The molecule has 0 saturated heterocycles. The zero-order chi connectivity index (χ0) is 13.6. The van der Waals surface area contributed by atoms with Crippen molar-refractivity contribution in [3.63, 3.8) is 0 Å². The summed E-state index contributed by atoms with van der Waals surface area (Å²) in [5, 5.41) is 1.65. The number of sulfonamides is 1. The SMILES string of the molecule is CC1Cc2ccccc2N1S(=O)(=O)c1cc(N)cs1. The number of nitrogen functional groups attached to an aromatic ring is 1. The molecular weight excluding hydrogens is 280 g/mol. The summed E-state index contributed by atoms with van der Waals surface area (Å²) in [4.78, 5) is 0. The van der Waals surface area contributed by atoms with Crippen molar-refractivity contribution in [3.8, 4) is 0 Å². The number of para-hydroxylation sites is 1. The van der Waals surface area contributed by atoms with Crippen LogP contribution in [0.5, 0.6) is 0 Å². The van der Waals surface area contributed by atoms with Crippen LogP contribution in [-0.4, -0.2) is 14.5 Å².